The Labute approximate surface area is 160 Å². The molecular weight excluding hydrogens is 372 g/mol. The van der Waals surface area contributed by atoms with Crippen LogP contribution in [-0.2, 0) is 10.0 Å². The normalized spacial score (nSPS) is 17.8. The fraction of sp³-hybridized carbons (Fsp3) is 0.368. The average Bonchev–Trinajstić information content (AvgIpc) is 2.68. The summed E-state index contributed by atoms with van der Waals surface area (Å²) in [4.78, 5) is 2.51. The van der Waals surface area contributed by atoms with Gasteiger partial charge in [-0.25, -0.2) is 8.42 Å². The topological polar surface area (TPSA) is 49.9 Å². The quantitative estimate of drug-likeness (QED) is 0.779. The smallest absolute Gasteiger partial charge is 0.243 e. The first-order valence-electron chi connectivity index (χ1n) is 8.56. The molecule has 2 aromatic carbocycles. The Morgan fingerprint density at radius 3 is 2.27 bits per heavy atom. The van der Waals surface area contributed by atoms with E-state index in [0.717, 1.165) is 0 Å². The zero-order valence-corrected chi connectivity index (χ0v) is 16.5. The standard InChI is InChI=1S/C19H23ClN2O3S/c1-15(16-6-4-3-5-7-16)21-10-12-22(13-11-21)26(23,24)17-8-9-19(25-2)18(20)14-17/h3-9,14-15H,10-13H2,1-2H3. The summed E-state index contributed by atoms with van der Waals surface area (Å²) in [6.45, 7) is 4.47. The van der Waals surface area contributed by atoms with Crippen molar-refractivity contribution in [1.82, 2.24) is 9.21 Å². The molecule has 7 heteroatoms. The second-order valence-corrected chi connectivity index (χ2v) is 8.67. The van der Waals surface area contributed by atoms with E-state index in [1.54, 1.807) is 12.1 Å². The summed E-state index contributed by atoms with van der Waals surface area (Å²) in [7, 11) is -2.05. The first-order chi connectivity index (χ1) is 12.4. The fourth-order valence-electron chi connectivity index (χ4n) is 3.23. The largest absolute Gasteiger partial charge is 0.495 e. The third-order valence-electron chi connectivity index (χ3n) is 4.86. The Kier molecular flexibility index (Phi) is 5.87. The zero-order chi connectivity index (χ0) is 18.7. The van der Waals surface area contributed by atoms with Crippen LogP contribution in [0.15, 0.2) is 53.4 Å². The summed E-state index contributed by atoms with van der Waals surface area (Å²) >= 11 is 6.09. The molecule has 0 spiro atoms. The molecule has 1 aliphatic rings. The van der Waals surface area contributed by atoms with Gasteiger partial charge in [0.05, 0.1) is 17.0 Å². The van der Waals surface area contributed by atoms with Crippen LogP contribution in [-0.4, -0.2) is 50.9 Å². The lowest BCUT2D eigenvalue weighted by Crippen LogP contribution is -2.49. The number of rotatable bonds is 5. The van der Waals surface area contributed by atoms with Crippen molar-refractivity contribution in [2.24, 2.45) is 0 Å². The van der Waals surface area contributed by atoms with Gasteiger partial charge >= 0.3 is 0 Å². The molecule has 1 atom stereocenters. The third kappa shape index (κ3) is 3.88. The van der Waals surface area contributed by atoms with Gasteiger partial charge in [-0.15, -0.1) is 0 Å². The molecule has 5 nitrogen and oxygen atoms in total. The van der Waals surface area contributed by atoms with Gasteiger partial charge in [0.15, 0.2) is 0 Å². The molecule has 1 fully saturated rings. The van der Waals surface area contributed by atoms with Crippen LogP contribution in [0, 0.1) is 0 Å². The van der Waals surface area contributed by atoms with Gasteiger partial charge in [0.25, 0.3) is 0 Å². The molecule has 1 saturated heterocycles. The summed E-state index contributed by atoms with van der Waals surface area (Å²) in [6, 6.07) is 15.1. The molecule has 0 saturated carbocycles. The van der Waals surface area contributed by atoms with Gasteiger partial charge in [-0.2, -0.15) is 4.31 Å². The number of ether oxygens (including phenoxy) is 1. The maximum absolute atomic E-state index is 12.9. The molecule has 1 aliphatic heterocycles. The SMILES string of the molecule is COc1ccc(S(=O)(=O)N2CCN(C(C)c3ccccc3)CC2)cc1Cl. The number of piperazine rings is 1. The average molecular weight is 395 g/mol. The molecule has 1 unspecified atom stereocenters. The minimum Gasteiger partial charge on any atom is -0.495 e. The number of methoxy groups -OCH3 is 1. The van der Waals surface area contributed by atoms with Crippen molar-refractivity contribution < 1.29 is 13.2 Å². The lowest BCUT2D eigenvalue weighted by atomic mass is 10.1. The highest BCUT2D eigenvalue weighted by atomic mass is 35.5. The van der Waals surface area contributed by atoms with Gasteiger partial charge < -0.3 is 4.74 Å². The molecule has 0 aromatic heterocycles. The molecule has 0 N–H and O–H groups in total. The van der Waals surface area contributed by atoms with Crippen LogP contribution in [0.1, 0.15) is 18.5 Å². The molecule has 0 bridgehead atoms. The van der Waals surface area contributed by atoms with E-state index in [4.69, 9.17) is 16.3 Å². The summed E-state index contributed by atoms with van der Waals surface area (Å²) < 4.78 is 32.4. The number of halogens is 1. The van der Waals surface area contributed by atoms with Gasteiger partial charge in [0.2, 0.25) is 10.0 Å². The Morgan fingerprint density at radius 2 is 1.69 bits per heavy atom. The molecule has 3 rings (SSSR count). The van der Waals surface area contributed by atoms with Gasteiger partial charge in [-0.3, -0.25) is 4.90 Å². The molecule has 1 heterocycles. The van der Waals surface area contributed by atoms with Crippen LogP contribution in [0.4, 0.5) is 0 Å². The van der Waals surface area contributed by atoms with Gasteiger partial charge in [-0.1, -0.05) is 41.9 Å². The number of hydrogen-bond acceptors (Lipinski definition) is 4. The van der Waals surface area contributed by atoms with E-state index >= 15 is 0 Å². The lowest BCUT2D eigenvalue weighted by Gasteiger charge is -2.37. The van der Waals surface area contributed by atoms with E-state index < -0.39 is 10.0 Å². The van der Waals surface area contributed by atoms with E-state index in [1.807, 2.05) is 18.2 Å². The second kappa shape index (κ2) is 7.96. The number of nitrogens with zero attached hydrogens (tertiary/aromatic N) is 2. The van der Waals surface area contributed by atoms with Crippen molar-refractivity contribution in [3.63, 3.8) is 0 Å². The molecule has 2 aromatic rings. The predicted octanol–water partition coefficient (Wildman–Crippen LogP) is 3.42. The summed E-state index contributed by atoms with van der Waals surface area (Å²) in [5, 5.41) is 0.296. The second-order valence-electron chi connectivity index (χ2n) is 6.32. The molecule has 0 amide bonds. The Morgan fingerprint density at radius 1 is 1.04 bits per heavy atom. The van der Waals surface area contributed by atoms with Crippen molar-refractivity contribution in [1.29, 1.82) is 0 Å². The summed E-state index contributed by atoms with van der Waals surface area (Å²) in [5.74, 6) is 0.465. The molecule has 0 aliphatic carbocycles. The predicted molar refractivity (Wildman–Crippen MR) is 103 cm³/mol. The third-order valence-corrected chi connectivity index (χ3v) is 7.05. The molecule has 26 heavy (non-hydrogen) atoms. The van der Waals surface area contributed by atoms with Crippen LogP contribution in [0.5, 0.6) is 5.75 Å². The van der Waals surface area contributed by atoms with E-state index in [9.17, 15) is 8.42 Å². The lowest BCUT2D eigenvalue weighted by molar-refractivity contribution is 0.146. The van der Waals surface area contributed by atoms with Crippen molar-refractivity contribution in [2.45, 2.75) is 17.9 Å². The minimum atomic E-state index is -3.56. The highest BCUT2D eigenvalue weighted by Crippen LogP contribution is 2.29. The summed E-state index contributed by atoms with van der Waals surface area (Å²) in [5.41, 5.74) is 1.24. The molecule has 140 valence electrons. The minimum absolute atomic E-state index is 0.202. The van der Waals surface area contributed by atoms with Crippen LogP contribution < -0.4 is 4.74 Å². The number of hydrogen-bond donors (Lipinski definition) is 0. The summed E-state index contributed by atoms with van der Waals surface area (Å²) in [6.07, 6.45) is 0. The van der Waals surface area contributed by atoms with Crippen molar-refractivity contribution >= 4 is 21.6 Å². The Hall–Kier alpha value is -1.60. The van der Waals surface area contributed by atoms with E-state index in [2.05, 4.69) is 24.0 Å². The zero-order valence-electron chi connectivity index (χ0n) is 14.9. The highest BCUT2D eigenvalue weighted by molar-refractivity contribution is 7.89. The van der Waals surface area contributed by atoms with Gasteiger partial charge in [0.1, 0.15) is 5.75 Å². The number of benzene rings is 2. The maximum atomic E-state index is 12.9. The first kappa shape index (κ1) is 19.2. The van der Waals surface area contributed by atoms with Crippen molar-refractivity contribution in [2.75, 3.05) is 33.3 Å². The Bertz CT molecular complexity index is 850. The van der Waals surface area contributed by atoms with Crippen LogP contribution >= 0.6 is 11.6 Å². The van der Waals surface area contributed by atoms with Crippen molar-refractivity contribution in [3.05, 3.63) is 59.1 Å². The van der Waals surface area contributed by atoms with E-state index in [1.165, 1.54) is 23.0 Å². The molecular formula is C19H23ClN2O3S. The van der Waals surface area contributed by atoms with Crippen LogP contribution in [0.25, 0.3) is 0 Å². The first-order valence-corrected chi connectivity index (χ1v) is 10.4. The monoisotopic (exact) mass is 394 g/mol. The number of sulfonamides is 1. The van der Waals surface area contributed by atoms with Crippen molar-refractivity contribution in [3.8, 4) is 5.75 Å². The van der Waals surface area contributed by atoms with E-state index in [0.29, 0.717) is 37.0 Å². The van der Waals surface area contributed by atoms with Gasteiger partial charge in [-0.05, 0) is 30.7 Å². The van der Waals surface area contributed by atoms with Gasteiger partial charge in [0, 0.05) is 32.2 Å². The van der Waals surface area contributed by atoms with E-state index in [-0.39, 0.29) is 10.9 Å². The van der Waals surface area contributed by atoms with Crippen LogP contribution in [0.3, 0.4) is 0 Å². The Balaban J connectivity index is 1.70. The fourth-order valence-corrected chi connectivity index (χ4v) is 5.00. The highest BCUT2D eigenvalue weighted by Gasteiger charge is 2.30. The maximum Gasteiger partial charge on any atom is 0.243 e. The molecule has 0 radical (unpaired) electrons. The van der Waals surface area contributed by atoms with Crippen LogP contribution in [0.2, 0.25) is 5.02 Å².